The molecule has 0 aliphatic carbocycles. The maximum absolute atomic E-state index is 11.8. The maximum atomic E-state index is 11.8. The fourth-order valence-electron chi connectivity index (χ4n) is 1.27. The summed E-state index contributed by atoms with van der Waals surface area (Å²) >= 11 is 3.21. The first-order valence-corrected chi connectivity index (χ1v) is 5.82. The number of nitrogens with two attached hydrogens (primary N) is 1. The minimum Gasteiger partial charge on any atom is -0.480 e. The van der Waals surface area contributed by atoms with Gasteiger partial charge in [0, 0.05) is 22.8 Å². The summed E-state index contributed by atoms with van der Waals surface area (Å²) in [6.07, 6.45) is 0. The molecule has 0 saturated carbocycles. The lowest BCUT2D eigenvalue weighted by molar-refractivity contribution is -0.140. The molecule has 0 aliphatic rings. The second kappa shape index (κ2) is 6.36. The zero-order valence-electron chi connectivity index (χ0n) is 9.64. The smallest absolute Gasteiger partial charge is 0.328 e. The largest absolute Gasteiger partial charge is 0.480 e. The van der Waals surface area contributed by atoms with Crippen molar-refractivity contribution in [1.82, 2.24) is 5.32 Å². The van der Waals surface area contributed by atoms with Crippen LogP contribution in [0.25, 0.3) is 0 Å². The molecule has 1 atom stereocenters. The zero-order valence-corrected chi connectivity index (χ0v) is 11.2. The number of carboxylic acids is 1. The summed E-state index contributed by atoms with van der Waals surface area (Å²) in [6.45, 7) is -0.104. The van der Waals surface area contributed by atoms with Crippen LogP contribution in [0.15, 0.2) is 22.7 Å². The van der Waals surface area contributed by atoms with Crippen molar-refractivity contribution in [3.63, 3.8) is 0 Å². The van der Waals surface area contributed by atoms with Gasteiger partial charge >= 0.3 is 5.97 Å². The van der Waals surface area contributed by atoms with Gasteiger partial charge in [-0.2, -0.15) is 0 Å². The number of halogens is 1. The predicted molar refractivity (Wildman–Crippen MR) is 69.3 cm³/mol. The van der Waals surface area contributed by atoms with Crippen LogP contribution in [0.4, 0.5) is 5.69 Å². The highest BCUT2D eigenvalue weighted by molar-refractivity contribution is 9.10. The first kappa shape index (κ1) is 14.5. The molecule has 4 N–H and O–H groups in total. The van der Waals surface area contributed by atoms with Gasteiger partial charge in [-0.15, -0.1) is 0 Å². The van der Waals surface area contributed by atoms with Crippen LogP contribution in [-0.2, 0) is 9.53 Å². The number of carbonyl (C=O) groups is 2. The van der Waals surface area contributed by atoms with Crippen molar-refractivity contribution in [2.45, 2.75) is 6.04 Å². The van der Waals surface area contributed by atoms with Gasteiger partial charge in [-0.25, -0.2) is 4.79 Å². The number of methoxy groups -OCH3 is 1. The first-order valence-electron chi connectivity index (χ1n) is 5.03. The van der Waals surface area contributed by atoms with E-state index in [1.165, 1.54) is 13.2 Å². The van der Waals surface area contributed by atoms with Crippen LogP contribution in [0.5, 0.6) is 0 Å². The highest BCUT2D eigenvalue weighted by Crippen LogP contribution is 2.20. The predicted octanol–water partition coefficient (Wildman–Crippen LogP) is 0.861. The molecule has 0 aliphatic heterocycles. The second-order valence-electron chi connectivity index (χ2n) is 3.56. The van der Waals surface area contributed by atoms with E-state index in [0.29, 0.717) is 10.2 Å². The van der Waals surface area contributed by atoms with Gasteiger partial charge in [0.15, 0.2) is 6.04 Å². The molecule has 0 radical (unpaired) electrons. The fraction of sp³-hybridized carbons (Fsp3) is 0.273. The highest BCUT2D eigenvalue weighted by atomic mass is 79.9. The normalized spacial score (nSPS) is 11.9. The Hall–Kier alpha value is -1.60. The molecule has 6 nitrogen and oxygen atoms in total. The van der Waals surface area contributed by atoms with Crippen molar-refractivity contribution < 1.29 is 19.4 Å². The summed E-state index contributed by atoms with van der Waals surface area (Å²) in [5.74, 6) is -1.67. The van der Waals surface area contributed by atoms with Crippen LogP contribution in [0.1, 0.15) is 10.4 Å². The van der Waals surface area contributed by atoms with Gasteiger partial charge in [-0.05, 0) is 34.1 Å². The van der Waals surface area contributed by atoms with E-state index < -0.39 is 17.9 Å². The second-order valence-corrected chi connectivity index (χ2v) is 4.41. The highest BCUT2D eigenvalue weighted by Gasteiger charge is 2.20. The van der Waals surface area contributed by atoms with Crippen LogP contribution in [0.3, 0.4) is 0 Å². The van der Waals surface area contributed by atoms with Gasteiger partial charge in [0.25, 0.3) is 5.91 Å². The Balaban J connectivity index is 2.80. The third kappa shape index (κ3) is 3.71. The SMILES string of the molecule is COCC(NC(=O)c1ccc(Br)c(N)c1)C(=O)O. The van der Waals surface area contributed by atoms with Crippen LogP contribution in [0.2, 0.25) is 0 Å². The van der Waals surface area contributed by atoms with Crippen molar-refractivity contribution in [3.8, 4) is 0 Å². The van der Waals surface area contributed by atoms with Gasteiger partial charge < -0.3 is 20.9 Å². The molecule has 0 aromatic heterocycles. The number of nitrogen functional groups attached to an aromatic ring is 1. The molecular weight excluding hydrogens is 304 g/mol. The number of carboxylic acid groups (broad SMARTS) is 1. The van der Waals surface area contributed by atoms with Gasteiger partial charge in [0.1, 0.15) is 0 Å². The molecule has 0 spiro atoms. The summed E-state index contributed by atoms with van der Waals surface area (Å²) in [7, 11) is 1.36. The van der Waals surface area contributed by atoms with Crippen LogP contribution < -0.4 is 11.1 Å². The Morgan fingerprint density at radius 3 is 2.72 bits per heavy atom. The Kier molecular flexibility index (Phi) is 5.11. The summed E-state index contributed by atoms with van der Waals surface area (Å²) in [4.78, 5) is 22.6. The quantitative estimate of drug-likeness (QED) is 0.699. The van der Waals surface area contributed by atoms with Crippen LogP contribution in [0, 0.1) is 0 Å². The van der Waals surface area contributed by atoms with Crippen molar-refractivity contribution in [3.05, 3.63) is 28.2 Å². The number of carbonyl (C=O) groups excluding carboxylic acids is 1. The Morgan fingerprint density at radius 2 is 2.22 bits per heavy atom. The molecule has 18 heavy (non-hydrogen) atoms. The number of hydrogen-bond acceptors (Lipinski definition) is 4. The number of rotatable bonds is 5. The third-order valence-electron chi connectivity index (χ3n) is 2.19. The van der Waals surface area contributed by atoms with E-state index in [0.717, 1.165) is 0 Å². The van der Waals surface area contributed by atoms with Gasteiger partial charge in [0.05, 0.1) is 6.61 Å². The van der Waals surface area contributed by atoms with Crippen LogP contribution in [-0.4, -0.2) is 36.7 Å². The molecule has 0 heterocycles. The topological polar surface area (TPSA) is 102 Å². The van der Waals surface area contributed by atoms with Crippen LogP contribution >= 0.6 is 15.9 Å². The fourth-order valence-corrected chi connectivity index (χ4v) is 1.51. The van der Waals surface area contributed by atoms with Crippen molar-refractivity contribution in [1.29, 1.82) is 0 Å². The zero-order chi connectivity index (χ0) is 13.7. The van der Waals surface area contributed by atoms with E-state index in [1.54, 1.807) is 12.1 Å². The standard InChI is InChI=1S/C11H13BrN2O4/c1-18-5-9(11(16)17)14-10(15)6-2-3-7(12)8(13)4-6/h2-4,9H,5,13H2,1H3,(H,14,15)(H,16,17). The van der Waals surface area contributed by atoms with Gasteiger partial charge in [0.2, 0.25) is 0 Å². The molecule has 1 amide bonds. The minimum absolute atomic E-state index is 0.104. The minimum atomic E-state index is -1.16. The first-order chi connectivity index (χ1) is 8.45. The number of benzene rings is 1. The van der Waals surface area contributed by atoms with E-state index in [9.17, 15) is 9.59 Å². The molecule has 1 aromatic rings. The maximum Gasteiger partial charge on any atom is 0.328 e. The lowest BCUT2D eigenvalue weighted by Gasteiger charge is -2.13. The molecule has 0 bridgehead atoms. The lowest BCUT2D eigenvalue weighted by atomic mass is 10.2. The number of aliphatic carboxylic acids is 1. The summed E-state index contributed by atoms with van der Waals surface area (Å²) < 4.78 is 5.39. The van der Waals surface area contributed by atoms with Gasteiger partial charge in [-0.3, -0.25) is 4.79 Å². The Labute approximate surface area is 112 Å². The van der Waals surface area contributed by atoms with Crippen molar-refractivity contribution in [2.24, 2.45) is 0 Å². The Morgan fingerprint density at radius 1 is 1.56 bits per heavy atom. The monoisotopic (exact) mass is 316 g/mol. The van der Waals surface area contributed by atoms with Gasteiger partial charge in [-0.1, -0.05) is 0 Å². The number of ether oxygens (including phenoxy) is 1. The lowest BCUT2D eigenvalue weighted by Crippen LogP contribution is -2.43. The number of hydrogen-bond donors (Lipinski definition) is 3. The van der Waals surface area contributed by atoms with Crippen molar-refractivity contribution >= 4 is 33.5 Å². The molecular formula is C11H13BrN2O4. The average Bonchev–Trinajstić information content (AvgIpc) is 2.31. The molecule has 0 fully saturated rings. The molecule has 7 heteroatoms. The Bertz CT molecular complexity index is 464. The molecule has 1 unspecified atom stereocenters. The number of amides is 1. The third-order valence-corrected chi connectivity index (χ3v) is 2.92. The summed E-state index contributed by atoms with van der Waals surface area (Å²) in [5.41, 5.74) is 6.33. The van der Waals surface area contributed by atoms with E-state index in [1.807, 2.05) is 0 Å². The number of anilines is 1. The molecule has 1 rings (SSSR count). The molecule has 98 valence electrons. The molecule has 0 saturated heterocycles. The summed E-state index contributed by atoms with van der Waals surface area (Å²) in [5, 5.41) is 11.2. The van der Waals surface area contributed by atoms with Crippen molar-refractivity contribution in [2.75, 3.05) is 19.5 Å². The van der Waals surface area contributed by atoms with E-state index >= 15 is 0 Å². The summed E-state index contributed by atoms with van der Waals surface area (Å²) in [6, 6.07) is 3.54. The van der Waals surface area contributed by atoms with E-state index in [2.05, 4.69) is 21.2 Å². The van der Waals surface area contributed by atoms with E-state index in [-0.39, 0.29) is 12.2 Å². The number of nitrogens with one attached hydrogen (secondary N) is 1. The average molecular weight is 317 g/mol. The van der Waals surface area contributed by atoms with E-state index in [4.69, 9.17) is 15.6 Å². The molecule has 1 aromatic carbocycles.